The molecule has 0 spiro atoms. The number of rotatable bonds is 4. The molecule has 1 rings (SSSR count). The molecule has 0 heterocycles. The van der Waals surface area contributed by atoms with E-state index in [1.165, 1.54) is 12.1 Å². The summed E-state index contributed by atoms with van der Waals surface area (Å²) >= 11 is 0. The Bertz CT molecular complexity index is 441. The summed E-state index contributed by atoms with van der Waals surface area (Å²) in [5.41, 5.74) is -0.660. The second-order valence-corrected chi connectivity index (χ2v) is 3.13. The van der Waals surface area contributed by atoms with Crippen molar-refractivity contribution in [3.8, 4) is 5.75 Å². The number of hydrogen-bond acceptors (Lipinski definition) is 4. The lowest BCUT2D eigenvalue weighted by Crippen LogP contribution is -2.15. The first-order chi connectivity index (χ1) is 7.49. The van der Waals surface area contributed by atoms with Crippen LogP contribution in [0.5, 0.6) is 5.75 Å². The van der Waals surface area contributed by atoms with E-state index >= 15 is 0 Å². The van der Waals surface area contributed by atoms with Crippen molar-refractivity contribution < 1.29 is 24.9 Å². The van der Waals surface area contributed by atoms with Gasteiger partial charge in [-0.2, -0.15) is 0 Å². The Labute approximate surface area is 91.1 Å². The molecule has 0 aliphatic carbocycles. The van der Waals surface area contributed by atoms with Crippen LogP contribution >= 0.6 is 0 Å². The molecule has 6 heteroatoms. The van der Waals surface area contributed by atoms with Gasteiger partial charge >= 0.3 is 11.9 Å². The Balaban J connectivity index is 3.49. The molecule has 16 heavy (non-hydrogen) atoms. The Kier molecular flexibility index (Phi) is 3.47. The molecule has 4 N–H and O–H groups in total. The molecule has 0 saturated heterocycles. The number of nitrogens with one attached hydrogen (secondary N) is 1. The summed E-state index contributed by atoms with van der Waals surface area (Å²) in [6.45, 7) is 0.211. The maximum Gasteiger partial charge on any atom is 0.340 e. The fourth-order valence-corrected chi connectivity index (χ4v) is 1.43. The molecular weight excluding hydrogens is 214 g/mol. The Morgan fingerprint density at radius 3 is 2.19 bits per heavy atom. The highest BCUT2D eigenvalue weighted by Gasteiger charge is 2.23. The van der Waals surface area contributed by atoms with Crippen molar-refractivity contribution in [1.29, 1.82) is 0 Å². The van der Waals surface area contributed by atoms with Gasteiger partial charge in [0.1, 0.15) is 11.3 Å². The molecule has 0 bridgehead atoms. The number of aromatic hydroxyl groups is 1. The van der Waals surface area contributed by atoms with Crippen molar-refractivity contribution in [2.75, 3.05) is 7.05 Å². The molecular formula is C10H11NO5. The molecule has 0 atom stereocenters. The van der Waals surface area contributed by atoms with E-state index in [1.54, 1.807) is 7.05 Å². The van der Waals surface area contributed by atoms with Crippen LogP contribution in [-0.4, -0.2) is 34.3 Å². The number of phenols is 1. The fourth-order valence-electron chi connectivity index (χ4n) is 1.43. The van der Waals surface area contributed by atoms with Crippen LogP contribution < -0.4 is 5.32 Å². The number of carboxylic acid groups (broad SMARTS) is 2. The molecule has 0 aliphatic heterocycles. The minimum atomic E-state index is -1.46. The highest BCUT2D eigenvalue weighted by Crippen LogP contribution is 2.24. The summed E-state index contributed by atoms with van der Waals surface area (Å²) in [6, 6.07) is 2.55. The first-order valence-corrected chi connectivity index (χ1v) is 4.45. The number of carboxylic acids is 2. The van der Waals surface area contributed by atoms with E-state index in [1.807, 2.05) is 0 Å². The van der Waals surface area contributed by atoms with E-state index in [4.69, 9.17) is 10.2 Å². The lowest BCUT2D eigenvalue weighted by Gasteiger charge is -2.10. The highest BCUT2D eigenvalue weighted by atomic mass is 16.4. The summed E-state index contributed by atoms with van der Waals surface area (Å²) < 4.78 is 0. The third-order valence-electron chi connectivity index (χ3n) is 2.06. The van der Waals surface area contributed by atoms with E-state index in [-0.39, 0.29) is 12.1 Å². The number of aromatic carboxylic acids is 2. The van der Waals surface area contributed by atoms with Gasteiger partial charge in [-0.1, -0.05) is 6.07 Å². The van der Waals surface area contributed by atoms with Crippen LogP contribution in [0, 0.1) is 0 Å². The van der Waals surface area contributed by atoms with Gasteiger partial charge < -0.3 is 20.6 Å². The predicted octanol–water partition coefficient (Wildman–Crippen LogP) is 0.508. The quantitative estimate of drug-likeness (QED) is 0.594. The number of benzene rings is 1. The predicted molar refractivity (Wildman–Crippen MR) is 54.8 cm³/mol. The van der Waals surface area contributed by atoms with Gasteiger partial charge in [0, 0.05) is 6.54 Å². The van der Waals surface area contributed by atoms with Gasteiger partial charge in [0.05, 0.1) is 5.56 Å². The highest BCUT2D eigenvalue weighted by molar-refractivity contribution is 6.04. The Morgan fingerprint density at radius 2 is 1.75 bits per heavy atom. The molecule has 1 aromatic carbocycles. The van der Waals surface area contributed by atoms with Crippen LogP contribution in [0.2, 0.25) is 0 Å². The minimum Gasteiger partial charge on any atom is -0.507 e. The molecule has 86 valence electrons. The number of carbonyl (C=O) groups is 2. The average Bonchev–Trinajstić information content (AvgIpc) is 2.19. The van der Waals surface area contributed by atoms with E-state index in [0.717, 1.165) is 0 Å². The van der Waals surface area contributed by atoms with Crippen LogP contribution in [-0.2, 0) is 6.54 Å². The molecule has 0 unspecified atom stereocenters. The van der Waals surface area contributed by atoms with Gasteiger partial charge in [0.25, 0.3) is 0 Å². The van der Waals surface area contributed by atoms with Gasteiger partial charge in [-0.15, -0.1) is 0 Å². The molecule has 0 radical (unpaired) electrons. The van der Waals surface area contributed by atoms with Gasteiger partial charge in [0.15, 0.2) is 0 Å². The van der Waals surface area contributed by atoms with Crippen molar-refractivity contribution in [3.05, 3.63) is 28.8 Å². The number of hydrogen-bond donors (Lipinski definition) is 4. The van der Waals surface area contributed by atoms with Crippen molar-refractivity contribution in [2.24, 2.45) is 0 Å². The SMILES string of the molecule is CNCc1ccc(O)c(C(=O)O)c1C(=O)O. The summed E-state index contributed by atoms with van der Waals surface area (Å²) in [7, 11) is 1.61. The van der Waals surface area contributed by atoms with Gasteiger partial charge in [-0.25, -0.2) is 9.59 Å². The standard InChI is InChI=1S/C10H11NO5/c1-11-4-5-2-3-6(12)8(10(15)16)7(5)9(13)14/h2-3,11-12H,4H2,1H3,(H,13,14)(H,15,16). The maximum absolute atomic E-state index is 11.0. The van der Waals surface area contributed by atoms with Crippen LogP contribution in [0.4, 0.5) is 0 Å². The Morgan fingerprint density at radius 1 is 1.19 bits per heavy atom. The molecule has 0 aromatic heterocycles. The molecule has 0 aliphatic rings. The van der Waals surface area contributed by atoms with E-state index in [2.05, 4.69) is 5.32 Å². The summed E-state index contributed by atoms with van der Waals surface area (Å²) in [5.74, 6) is -3.39. The lowest BCUT2D eigenvalue weighted by atomic mass is 10.00. The van der Waals surface area contributed by atoms with E-state index in [9.17, 15) is 14.7 Å². The van der Waals surface area contributed by atoms with Crippen molar-refractivity contribution in [1.82, 2.24) is 5.32 Å². The maximum atomic E-state index is 11.0. The topological polar surface area (TPSA) is 107 Å². The third kappa shape index (κ3) is 2.12. The fraction of sp³-hybridized carbons (Fsp3) is 0.200. The van der Waals surface area contributed by atoms with E-state index in [0.29, 0.717) is 5.56 Å². The first kappa shape index (κ1) is 12.0. The average molecular weight is 225 g/mol. The third-order valence-corrected chi connectivity index (χ3v) is 2.06. The first-order valence-electron chi connectivity index (χ1n) is 4.45. The van der Waals surface area contributed by atoms with Gasteiger partial charge in [-0.3, -0.25) is 0 Å². The second-order valence-electron chi connectivity index (χ2n) is 3.13. The van der Waals surface area contributed by atoms with Gasteiger partial charge in [-0.05, 0) is 18.7 Å². The second kappa shape index (κ2) is 4.63. The molecule has 0 saturated carbocycles. The zero-order valence-electron chi connectivity index (χ0n) is 8.52. The lowest BCUT2D eigenvalue weighted by molar-refractivity contribution is 0.0647. The van der Waals surface area contributed by atoms with Crippen LogP contribution in [0.1, 0.15) is 26.3 Å². The smallest absolute Gasteiger partial charge is 0.340 e. The Hall–Kier alpha value is -2.08. The molecule has 0 fully saturated rings. The normalized spacial score (nSPS) is 10.1. The zero-order chi connectivity index (χ0) is 12.3. The van der Waals surface area contributed by atoms with E-state index < -0.39 is 23.3 Å². The molecule has 1 aromatic rings. The van der Waals surface area contributed by atoms with Crippen molar-refractivity contribution >= 4 is 11.9 Å². The van der Waals surface area contributed by atoms with Crippen LogP contribution in [0.15, 0.2) is 12.1 Å². The van der Waals surface area contributed by atoms with Gasteiger partial charge in [0.2, 0.25) is 0 Å². The van der Waals surface area contributed by atoms with Crippen LogP contribution in [0.25, 0.3) is 0 Å². The summed E-state index contributed by atoms with van der Waals surface area (Å²) in [4.78, 5) is 21.8. The summed E-state index contributed by atoms with van der Waals surface area (Å²) in [5, 5.41) is 29.9. The van der Waals surface area contributed by atoms with Crippen molar-refractivity contribution in [3.63, 3.8) is 0 Å². The monoisotopic (exact) mass is 225 g/mol. The summed E-state index contributed by atoms with van der Waals surface area (Å²) in [6.07, 6.45) is 0. The van der Waals surface area contributed by atoms with Crippen LogP contribution in [0.3, 0.4) is 0 Å². The molecule has 0 amide bonds. The zero-order valence-corrected chi connectivity index (χ0v) is 8.52. The minimum absolute atomic E-state index is 0.211. The largest absolute Gasteiger partial charge is 0.507 e. The van der Waals surface area contributed by atoms with Crippen molar-refractivity contribution in [2.45, 2.75) is 6.54 Å². The molecule has 6 nitrogen and oxygen atoms in total.